The zero-order valence-corrected chi connectivity index (χ0v) is 12.8. The van der Waals surface area contributed by atoms with Gasteiger partial charge in [0.1, 0.15) is 0 Å². The van der Waals surface area contributed by atoms with E-state index in [4.69, 9.17) is 0 Å². The fourth-order valence-electron chi connectivity index (χ4n) is 2.62. The summed E-state index contributed by atoms with van der Waals surface area (Å²) in [4.78, 5) is 12.2. The average Bonchev–Trinajstić information content (AvgIpc) is 2.46. The van der Waals surface area contributed by atoms with Crippen LogP contribution in [0.4, 0.5) is 0 Å². The quantitative estimate of drug-likeness (QED) is 0.886. The summed E-state index contributed by atoms with van der Waals surface area (Å²) >= 11 is 0. The van der Waals surface area contributed by atoms with Gasteiger partial charge in [0.15, 0.2) is 0 Å². The van der Waals surface area contributed by atoms with Crippen LogP contribution in [0.3, 0.4) is 0 Å². The molecule has 3 heteroatoms. The van der Waals surface area contributed by atoms with Gasteiger partial charge < -0.3 is 10.6 Å². The average molecular weight is 274 g/mol. The number of nitrogens with one attached hydrogen (secondary N) is 2. The molecule has 1 aromatic carbocycles. The lowest BCUT2D eigenvalue weighted by molar-refractivity contribution is 0.0922. The third kappa shape index (κ3) is 3.83. The second-order valence-corrected chi connectivity index (χ2v) is 6.52. The summed E-state index contributed by atoms with van der Waals surface area (Å²) in [6, 6.07) is 7.95. The number of piperidine rings is 1. The van der Waals surface area contributed by atoms with Crippen molar-refractivity contribution in [1.29, 1.82) is 0 Å². The molecule has 1 aromatic rings. The maximum Gasteiger partial charge on any atom is 0.251 e. The first kappa shape index (κ1) is 15.0. The molecule has 0 atom stereocenters. The van der Waals surface area contributed by atoms with Crippen molar-refractivity contribution >= 4 is 5.91 Å². The van der Waals surface area contributed by atoms with E-state index in [0.717, 1.165) is 38.0 Å². The van der Waals surface area contributed by atoms with Gasteiger partial charge in [-0.15, -0.1) is 0 Å². The summed E-state index contributed by atoms with van der Waals surface area (Å²) in [7, 11) is 0. The summed E-state index contributed by atoms with van der Waals surface area (Å²) in [6.45, 7) is 9.44. The predicted molar refractivity (Wildman–Crippen MR) is 83.1 cm³/mol. The molecular weight excluding hydrogens is 248 g/mol. The summed E-state index contributed by atoms with van der Waals surface area (Å²) < 4.78 is 0. The Morgan fingerprint density at radius 1 is 1.25 bits per heavy atom. The van der Waals surface area contributed by atoms with Gasteiger partial charge in [-0.25, -0.2) is 0 Å². The Labute approximate surface area is 122 Å². The fourth-order valence-corrected chi connectivity index (χ4v) is 2.62. The van der Waals surface area contributed by atoms with E-state index < -0.39 is 0 Å². The van der Waals surface area contributed by atoms with Crippen molar-refractivity contribution in [2.24, 2.45) is 5.41 Å². The smallest absolute Gasteiger partial charge is 0.251 e. The molecule has 0 radical (unpaired) electrons. The van der Waals surface area contributed by atoms with Crippen LogP contribution < -0.4 is 10.6 Å². The van der Waals surface area contributed by atoms with Crippen LogP contribution >= 0.6 is 0 Å². The molecule has 1 saturated heterocycles. The number of carbonyl (C=O) groups excluding carboxylic acids is 1. The third-order valence-corrected chi connectivity index (χ3v) is 4.33. The van der Waals surface area contributed by atoms with Gasteiger partial charge in [0, 0.05) is 12.1 Å². The van der Waals surface area contributed by atoms with Crippen molar-refractivity contribution < 1.29 is 4.79 Å². The first-order valence-corrected chi connectivity index (χ1v) is 7.59. The Hall–Kier alpha value is -1.35. The van der Waals surface area contributed by atoms with Crippen molar-refractivity contribution in [2.45, 2.75) is 39.5 Å². The van der Waals surface area contributed by atoms with Crippen molar-refractivity contribution in [2.75, 3.05) is 19.6 Å². The van der Waals surface area contributed by atoms with Gasteiger partial charge in [-0.2, -0.15) is 0 Å². The summed E-state index contributed by atoms with van der Waals surface area (Å²) in [5.41, 5.74) is 2.26. The van der Waals surface area contributed by atoms with E-state index in [1.165, 1.54) is 5.56 Å². The molecule has 110 valence electrons. The minimum absolute atomic E-state index is 0.0417. The highest BCUT2D eigenvalue weighted by Crippen LogP contribution is 2.26. The highest BCUT2D eigenvalue weighted by Gasteiger charge is 2.27. The van der Waals surface area contributed by atoms with Crippen molar-refractivity contribution in [3.63, 3.8) is 0 Å². The number of rotatable bonds is 4. The summed E-state index contributed by atoms with van der Waals surface area (Å²) in [5, 5.41) is 6.45. The number of carbonyl (C=O) groups is 1. The molecule has 20 heavy (non-hydrogen) atoms. The lowest BCUT2D eigenvalue weighted by Gasteiger charge is -2.34. The second-order valence-electron chi connectivity index (χ2n) is 6.52. The first-order valence-electron chi connectivity index (χ1n) is 7.59. The highest BCUT2D eigenvalue weighted by molar-refractivity contribution is 5.94. The van der Waals surface area contributed by atoms with E-state index in [1.807, 2.05) is 24.3 Å². The van der Waals surface area contributed by atoms with E-state index in [9.17, 15) is 4.79 Å². The second kappa shape index (κ2) is 6.40. The molecule has 2 N–H and O–H groups in total. The molecule has 0 bridgehead atoms. The van der Waals surface area contributed by atoms with Crippen LogP contribution in [-0.4, -0.2) is 25.5 Å². The van der Waals surface area contributed by atoms with Crippen LogP contribution in [-0.2, 0) is 0 Å². The SMILES string of the molecule is CC(C)c1ccc(C(=O)NCC2(C)CCNCC2)cc1. The van der Waals surface area contributed by atoms with Gasteiger partial charge in [-0.1, -0.05) is 32.9 Å². The topological polar surface area (TPSA) is 41.1 Å². The summed E-state index contributed by atoms with van der Waals surface area (Å²) in [5.74, 6) is 0.542. The van der Waals surface area contributed by atoms with Crippen LogP contribution in [0.15, 0.2) is 24.3 Å². The van der Waals surface area contributed by atoms with Crippen LogP contribution in [0.1, 0.15) is 55.5 Å². The first-order chi connectivity index (χ1) is 9.50. The minimum Gasteiger partial charge on any atom is -0.351 e. The molecular formula is C17H26N2O. The van der Waals surface area contributed by atoms with Gasteiger partial charge in [0.05, 0.1) is 0 Å². The summed E-state index contributed by atoms with van der Waals surface area (Å²) in [6.07, 6.45) is 2.25. The Balaban J connectivity index is 1.91. The number of amides is 1. The van der Waals surface area contributed by atoms with E-state index in [0.29, 0.717) is 5.92 Å². The maximum absolute atomic E-state index is 12.2. The molecule has 1 aliphatic rings. The minimum atomic E-state index is 0.0417. The Kier molecular flexibility index (Phi) is 4.81. The lowest BCUT2D eigenvalue weighted by atomic mass is 9.81. The highest BCUT2D eigenvalue weighted by atomic mass is 16.1. The molecule has 1 fully saturated rings. The molecule has 2 rings (SSSR count). The Morgan fingerprint density at radius 2 is 1.85 bits per heavy atom. The van der Waals surface area contributed by atoms with Gasteiger partial charge >= 0.3 is 0 Å². The fraction of sp³-hybridized carbons (Fsp3) is 0.588. The van der Waals surface area contributed by atoms with E-state index >= 15 is 0 Å². The molecule has 1 heterocycles. The standard InChI is InChI=1S/C17H26N2O/c1-13(2)14-4-6-15(7-5-14)16(20)19-12-17(3)8-10-18-11-9-17/h4-7,13,18H,8-12H2,1-3H3,(H,19,20). The maximum atomic E-state index is 12.2. The largest absolute Gasteiger partial charge is 0.351 e. The monoisotopic (exact) mass is 274 g/mol. The van der Waals surface area contributed by atoms with Crippen LogP contribution in [0.25, 0.3) is 0 Å². The zero-order chi connectivity index (χ0) is 14.6. The van der Waals surface area contributed by atoms with Gasteiger partial charge in [-0.3, -0.25) is 4.79 Å². The molecule has 0 spiro atoms. The van der Waals surface area contributed by atoms with E-state index in [2.05, 4.69) is 31.4 Å². The van der Waals surface area contributed by atoms with Crippen LogP contribution in [0.5, 0.6) is 0 Å². The lowest BCUT2D eigenvalue weighted by Crippen LogP contribution is -2.42. The molecule has 0 saturated carbocycles. The van der Waals surface area contributed by atoms with Gasteiger partial charge in [-0.05, 0) is 55.0 Å². The number of hydrogen-bond acceptors (Lipinski definition) is 2. The normalized spacial score (nSPS) is 18.0. The van der Waals surface area contributed by atoms with Crippen molar-refractivity contribution in [3.8, 4) is 0 Å². The van der Waals surface area contributed by atoms with Crippen LogP contribution in [0, 0.1) is 5.41 Å². The van der Waals surface area contributed by atoms with Crippen LogP contribution in [0.2, 0.25) is 0 Å². The zero-order valence-electron chi connectivity index (χ0n) is 12.8. The van der Waals surface area contributed by atoms with Gasteiger partial charge in [0.25, 0.3) is 5.91 Å². The number of hydrogen-bond donors (Lipinski definition) is 2. The number of benzene rings is 1. The molecule has 1 aliphatic heterocycles. The van der Waals surface area contributed by atoms with Crippen molar-refractivity contribution in [3.05, 3.63) is 35.4 Å². The Morgan fingerprint density at radius 3 is 2.40 bits per heavy atom. The molecule has 0 unspecified atom stereocenters. The van der Waals surface area contributed by atoms with E-state index in [1.54, 1.807) is 0 Å². The van der Waals surface area contributed by atoms with Crippen molar-refractivity contribution in [1.82, 2.24) is 10.6 Å². The molecule has 3 nitrogen and oxygen atoms in total. The molecule has 0 aromatic heterocycles. The predicted octanol–water partition coefficient (Wildman–Crippen LogP) is 2.93. The van der Waals surface area contributed by atoms with E-state index in [-0.39, 0.29) is 11.3 Å². The third-order valence-electron chi connectivity index (χ3n) is 4.33. The van der Waals surface area contributed by atoms with Gasteiger partial charge in [0.2, 0.25) is 0 Å². The Bertz CT molecular complexity index is 445. The molecule has 1 amide bonds. The molecule has 0 aliphatic carbocycles.